The summed E-state index contributed by atoms with van der Waals surface area (Å²) in [5, 5.41) is 0.676. The van der Waals surface area contributed by atoms with Crippen LogP contribution in [0.4, 0.5) is 4.79 Å². The van der Waals surface area contributed by atoms with Gasteiger partial charge in [0, 0.05) is 40.2 Å². The van der Waals surface area contributed by atoms with Gasteiger partial charge < -0.3 is 9.47 Å². The molecule has 8 heteroatoms. The molecule has 0 N–H and O–H groups in total. The van der Waals surface area contributed by atoms with E-state index in [1.54, 1.807) is 6.08 Å². The van der Waals surface area contributed by atoms with Gasteiger partial charge in [-0.25, -0.2) is 0 Å². The number of thioether (sulfide) groups is 1. The van der Waals surface area contributed by atoms with Gasteiger partial charge in [-0.05, 0) is 60.4 Å². The van der Waals surface area contributed by atoms with Crippen molar-refractivity contribution in [3.63, 3.8) is 0 Å². The lowest BCUT2D eigenvalue weighted by Gasteiger charge is -2.30. The van der Waals surface area contributed by atoms with Gasteiger partial charge in [-0.1, -0.05) is 53.2 Å². The minimum Gasteiger partial charge on any atom is -0.341 e. The molecule has 2 aromatic carbocycles. The Morgan fingerprint density at radius 1 is 1.09 bits per heavy atom. The maximum atomic E-state index is 13.1. The van der Waals surface area contributed by atoms with Crippen molar-refractivity contribution in [2.75, 3.05) is 13.1 Å². The summed E-state index contributed by atoms with van der Waals surface area (Å²) in [6.45, 7) is 4.33. The molecule has 0 spiro atoms. The van der Waals surface area contributed by atoms with Crippen LogP contribution in [-0.2, 0) is 22.7 Å². The Morgan fingerprint density at radius 2 is 1.80 bits per heavy atom. The van der Waals surface area contributed by atoms with E-state index < -0.39 is 0 Å². The molecule has 0 radical (unpaired) electrons. The van der Waals surface area contributed by atoms with Crippen molar-refractivity contribution >= 4 is 61.7 Å². The van der Waals surface area contributed by atoms with E-state index in [-0.39, 0.29) is 30.1 Å². The van der Waals surface area contributed by atoms with Gasteiger partial charge in [0.05, 0.1) is 11.4 Å². The third-order valence-electron chi connectivity index (χ3n) is 6.68. The molecule has 3 aromatic rings. The number of nitrogens with zero attached hydrogens (tertiary/aromatic N) is 3. The highest BCUT2D eigenvalue weighted by Gasteiger charge is 2.35. The average Bonchev–Trinajstić information content (AvgIpc) is 3.32. The normalized spacial score (nSPS) is 18.3. The van der Waals surface area contributed by atoms with Crippen LogP contribution in [0.2, 0.25) is 0 Å². The van der Waals surface area contributed by atoms with Crippen molar-refractivity contribution in [1.29, 1.82) is 0 Å². The number of aromatic nitrogens is 1. The first-order valence-corrected chi connectivity index (χ1v) is 13.4. The van der Waals surface area contributed by atoms with E-state index in [0.29, 0.717) is 10.8 Å². The summed E-state index contributed by atoms with van der Waals surface area (Å²) in [4.78, 5) is 42.3. The molecule has 2 fully saturated rings. The van der Waals surface area contributed by atoms with E-state index in [9.17, 15) is 14.4 Å². The number of hydrogen-bond acceptors (Lipinski definition) is 4. The van der Waals surface area contributed by atoms with Crippen LogP contribution in [-0.4, -0.2) is 44.5 Å². The number of piperidine rings is 1. The van der Waals surface area contributed by atoms with E-state index in [0.717, 1.165) is 64.2 Å². The molecule has 0 saturated carbocycles. The van der Waals surface area contributed by atoms with E-state index in [1.807, 2.05) is 64.2 Å². The third-order valence-corrected chi connectivity index (χ3v) is 8.11. The molecular formula is C27H26BrN3O3S. The molecule has 5 rings (SSSR count). The Balaban J connectivity index is 1.38. The second kappa shape index (κ2) is 10.0. The number of rotatable bonds is 5. The van der Waals surface area contributed by atoms with Crippen LogP contribution in [0.25, 0.3) is 17.0 Å². The molecule has 0 atom stereocenters. The number of benzene rings is 2. The summed E-state index contributed by atoms with van der Waals surface area (Å²) < 4.78 is 2.90. The number of amides is 3. The summed E-state index contributed by atoms with van der Waals surface area (Å²) in [5.74, 6) is 0.481. The molecule has 2 aliphatic heterocycles. The lowest BCUT2D eigenvalue weighted by atomic mass is 9.99. The minimum absolute atomic E-state index is 0.110. The summed E-state index contributed by atoms with van der Waals surface area (Å²) >= 11 is 4.36. The van der Waals surface area contributed by atoms with Crippen molar-refractivity contribution in [1.82, 2.24) is 14.4 Å². The predicted octanol–water partition coefficient (Wildman–Crippen LogP) is 5.90. The molecule has 2 saturated heterocycles. The van der Waals surface area contributed by atoms with Gasteiger partial charge in [0.1, 0.15) is 6.54 Å². The van der Waals surface area contributed by atoms with Gasteiger partial charge in [-0.2, -0.15) is 0 Å². The highest BCUT2D eigenvalue weighted by Crippen LogP contribution is 2.35. The fourth-order valence-electron chi connectivity index (χ4n) is 4.57. The fraction of sp³-hybridized carbons (Fsp3) is 0.296. The largest absolute Gasteiger partial charge is 0.341 e. The smallest absolute Gasteiger partial charge is 0.293 e. The van der Waals surface area contributed by atoms with E-state index in [2.05, 4.69) is 22.9 Å². The van der Waals surface area contributed by atoms with E-state index >= 15 is 0 Å². The molecular weight excluding hydrogens is 526 g/mol. The monoisotopic (exact) mass is 551 g/mol. The van der Waals surface area contributed by atoms with Gasteiger partial charge in [-0.15, -0.1) is 0 Å². The van der Waals surface area contributed by atoms with Crippen LogP contribution in [0.5, 0.6) is 0 Å². The number of hydrogen-bond donors (Lipinski definition) is 0. The fourth-order valence-corrected chi connectivity index (χ4v) is 5.67. The summed E-state index contributed by atoms with van der Waals surface area (Å²) in [5.41, 5.74) is 2.65. The lowest BCUT2D eigenvalue weighted by molar-refractivity contribution is -0.133. The Kier molecular flexibility index (Phi) is 6.84. The molecule has 3 amide bonds. The topological polar surface area (TPSA) is 62.6 Å². The summed E-state index contributed by atoms with van der Waals surface area (Å²) in [6, 6.07) is 15.4. The SMILES string of the molecule is CC1CCN(C(=O)Cn2cc(/C=C3\SC(=O)N(Cc4ccc(Br)cc4)C3=O)c3ccccc32)CC1. The minimum atomic E-state index is -0.293. The standard InChI is InChI=1S/C27H26BrN3O3S/c1-18-10-12-29(13-11-18)25(32)17-30-16-20(22-4-2-3-5-23(22)30)14-24-26(33)31(27(34)35-24)15-19-6-8-21(28)9-7-19/h2-9,14,16,18H,10-13,15,17H2,1H3/b24-14-. The molecule has 35 heavy (non-hydrogen) atoms. The van der Waals surface area contributed by atoms with Crippen molar-refractivity contribution in [2.24, 2.45) is 5.92 Å². The van der Waals surface area contributed by atoms with Crippen LogP contribution < -0.4 is 0 Å². The van der Waals surface area contributed by atoms with Crippen LogP contribution in [0.15, 0.2) is 64.1 Å². The Bertz CT molecular complexity index is 1320. The third kappa shape index (κ3) is 5.09. The van der Waals surface area contributed by atoms with Crippen molar-refractivity contribution in [3.05, 3.63) is 75.2 Å². The number of carbonyl (C=O) groups excluding carboxylic acids is 3. The van der Waals surface area contributed by atoms with Gasteiger partial charge in [0.25, 0.3) is 11.1 Å². The Labute approximate surface area is 217 Å². The maximum Gasteiger partial charge on any atom is 0.293 e. The molecule has 180 valence electrons. The Morgan fingerprint density at radius 3 is 2.54 bits per heavy atom. The van der Waals surface area contributed by atoms with Crippen molar-refractivity contribution in [3.8, 4) is 0 Å². The molecule has 0 bridgehead atoms. The average molecular weight is 552 g/mol. The van der Waals surface area contributed by atoms with Crippen LogP contribution in [0.1, 0.15) is 30.9 Å². The zero-order valence-corrected chi connectivity index (χ0v) is 21.8. The van der Waals surface area contributed by atoms with Gasteiger partial charge >= 0.3 is 0 Å². The first-order chi connectivity index (χ1) is 16.9. The molecule has 6 nitrogen and oxygen atoms in total. The second-order valence-corrected chi connectivity index (χ2v) is 11.1. The number of para-hydroxylation sites is 1. The lowest BCUT2D eigenvalue weighted by Crippen LogP contribution is -2.39. The highest BCUT2D eigenvalue weighted by molar-refractivity contribution is 9.10. The number of carbonyl (C=O) groups is 3. The summed E-state index contributed by atoms with van der Waals surface area (Å²) in [6.07, 6.45) is 5.77. The van der Waals surface area contributed by atoms with Crippen LogP contribution in [0.3, 0.4) is 0 Å². The van der Waals surface area contributed by atoms with Crippen molar-refractivity contribution in [2.45, 2.75) is 32.9 Å². The highest BCUT2D eigenvalue weighted by atomic mass is 79.9. The number of likely N-dealkylation sites (tertiary alicyclic amines) is 1. The van der Waals surface area contributed by atoms with Gasteiger partial charge in [0.2, 0.25) is 5.91 Å². The molecule has 2 aliphatic rings. The number of halogens is 1. The Hall–Kier alpha value is -2.84. The van der Waals surface area contributed by atoms with Crippen LogP contribution >= 0.6 is 27.7 Å². The molecule has 3 heterocycles. The molecule has 0 aliphatic carbocycles. The van der Waals surface area contributed by atoms with Crippen LogP contribution in [0, 0.1) is 5.92 Å². The quantitative estimate of drug-likeness (QED) is 0.370. The zero-order chi connectivity index (χ0) is 24.5. The van der Waals surface area contributed by atoms with E-state index in [4.69, 9.17) is 0 Å². The summed E-state index contributed by atoms with van der Waals surface area (Å²) in [7, 11) is 0. The van der Waals surface area contributed by atoms with E-state index in [1.165, 1.54) is 4.90 Å². The van der Waals surface area contributed by atoms with Gasteiger partial charge in [0.15, 0.2) is 0 Å². The molecule has 1 aromatic heterocycles. The second-order valence-electron chi connectivity index (χ2n) is 9.19. The first-order valence-electron chi connectivity index (χ1n) is 11.7. The molecule has 0 unspecified atom stereocenters. The predicted molar refractivity (Wildman–Crippen MR) is 143 cm³/mol. The first kappa shape index (κ1) is 23.9. The zero-order valence-electron chi connectivity index (χ0n) is 19.4. The number of fused-ring (bicyclic) bond motifs is 1. The maximum absolute atomic E-state index is 13.1. The number of imide groups is 1. The van der Waals surface area contributed by atoms with Crippen molar-refractivity contribution < 1.29 is 14.4 Å². The van der Waals surface area contributed by atoms with Gasteiger partial charge in [-0.3, -0.25) is 19.3 Å².